The number of hydrogen-bond acceptors (Lipinski definition) is 2. The van der Waals surface area contributed by atoms with E-state index in [2.05, 4.69) is 10.3 Å². The second-order valence-electron chi connectivity index (χ2n) is 3.67. The summed E-state index contributed by atoms with van der Waals surface area (Å²) in [7, 11) is 0. The summed E-state index contributed by atoms with van der Waals surface area (Å²) in [6.07, 6.45) is 1.85. The van der Waals surface area contributed by atoms with Gasteiger partial charge in [-0.3, -0.25) is 0 Å². The van der Waals surface area contributed by atoms with Crippen LogP contribution in [0.2, 0.25) is 0 Å². The maximum Gasteiger partial charge on any atom is 0.141 e. The molecule has 0 fully saturated rings. The van der Waals surface area contributed by atoms with Crippen LogP contribution in [0.3, 0.4) is 0 Å². The summed E-state index contributed by atoms with van der Waals surface area (Å²) in [6.45, 7) is 0.627. The van der Waals surface area contributed by atoms with Crippen LogP contribution < -0.4 is 5.32 Å². The maximum absolute atomic E-state index is 12.9. The molecule has 2 aromatic rings. The van der Waals surface area contributed by atoms with E-state index in [0.717, 1.165) is 11.8 Å². The van der Waals surface area contributed by atoms with Crippen molar-refractivity contribution in [2.24, 2.45) is 0 Å². The first-order valence-corrected chi connectivity index (χ1v) is 5.34. The van der Waals surface area contributed by atoms with Crippen LogP contribution in [0.4, 0.5) is 14.6 Å². The molecule has 0 aliphatic rings. The fourth-order valence-corrected chi connectivity index (χ4v) is 1.51. The molecule has 0 amide bonds. The topological polar surface area (TPSA) is 24.9 Å². The third-order valence-corrected chi connectivity index (χ3v) is 2.34. The third-order valence-electron chi connectivity index (χ3n) is 2.34. The number of nitrogens with one attached hydrogen (secondary N) is 1. The van der Waals surface area contributed by atoms with Gasteiger partial charge in [0.15, 0.2) is 0 Å². The number of halogens is 2. The monoisotopic (exact) mass is 234 g/mol. The lowest BCUT2D eigenvalue weighted by Crippen LogP contribution is -2.06. The minimum atomic E-state index is -0.360. The van der Waals surface area contributed by atoms with Crippen molar-refractivity contribution in [3.05, 3.63) is 59.8 Å². The molecule has 4 heteroatoms. The van der Waals surface area contributed by atoms with Gasteiger partial charge in [0.25, 0.3) is 0 Å². The van der Waals surface area contributed by atoms with Gasteiger partial charge in [-0.1, -0.05) is 12.1 Å². The Morgan fingerprint density at radius 1 is 1.06 bits per heavy atom. The second kappa shape index (κ2) is 5.39. The Balaban J connectivity index is 1.85. The minimum absolute atomic E-state index is 0.234. The van der Waals surface area contributed by atoms with Gasteiger partial charge in [0.1, 0.15) is 17.5 Å². The predicted octanol–water partition coefficient (Wildman–Crippen LogP) is 3.01. The first-order chi connectivity index (χ1) is 8.24. The van der Waals surface area contributed by atoms with Gasteiger partial charge in [-0.2, -0.15) is 0 Å². The minimum Gasteiger partial charge on any atom is -0.370 e. The van der Waals surface area contributed by atoms with E-state index in [-0.39, 0.29) is 11.6 Å². The molecule has 1 aromatic heterocycles. The van der Waals surface area contributed by atoms with Crippen LogP contribution in [0.1, 0.15) is 5.56 Å². The van der Waals surface area contributed by atoms with E-state index in [9.17, 15) is 8.78 Å². The highest BCUT2D eigenvalue weighted by Gasteiger charge is 1.97. The number of benzene rings is 1. The van der Waals surface area contributed by atoms with Crippen molar-refractivity contribution in [3.63, 3.8) is 0 Å². The predicted molar refractivity (Wildman–Crippen MR) is 62.8 cm³/mol. The van der Waals surface area contributed by atoms with Crippen LogP contribution in [0.5, 0.6) is 0 Å². The van der Waals surface area contributed by atoms with Crippen molar-refractivity contribution in [2.45, 2.75) is 6.42 Å². The van der Waals surface area contributed by atoms with E-state index in [1.54, 1.807) is 12.1 Å². The summed E-state index contributed by atoms with van der Waals surface area (Å²) in [5.74, 6) is 0.0193. The maximum atomic E-state index is 12.9. The summed E-state index contributed by atoms with van der Waals surface area (Å²) >= 11 is 0. The first-order valence-electron chi connectivity index (χ1n) is 5.34. The normalized spacial score (nSPS) is 10.2. The van der Waals surface area contributed by atoms with E-state index >= 15 is 0 Å². The molecular formula is C13H12F2N2. The van der Waals surface area contributed by atoms with Crippen LogP contribution in [-0.2, 0) is 6.42 Å². The molecule has 0 aliphatic heterocycles. The Morgan fingerprint density at radius 2 is 1.94 bits per heavy atom. The van der Waals surface area contributed by atoms with Crippen LogP contribution in [0.15, 0.2) is 42.6 Å². The highest BCUT2D eigenvalue weighted by atomic mass is 19.1. The van der Waals surface area contributed by atoms with E-state index in [0.29, 0.717) is 18.8 Å². The molecule has 0 bridgehead atoms. The van der Waals surface area contributed by atoms with E-state index < -0.39 is 0 Å². The number of anilines is 1. The van der Waals surface area contributed by atoms with Crippen LogP contribution in [-0.4, -0.2) is 11.5 Å². The van der Waals surface area contributed by atoms with Crippen molar-refractivity contribution in [2.75, 3.05) is 11.9 Å². The molecule has 1 aromatic carbocycles. The molecule has 2 rings (SSSR count). The van der Waals surface area contributed by atoms with Gasteiger partial charge >= 0.3 is 0 Å². The number of aromatic nitrogens is 1. The lowest BCUT2D eigenvalue weighted by Gasteiger charge is -2.05. The molecule has 2 nitrogen and oxygen atoms in total. The van der Waals surface area contributed by atoms with Gasteiger partial charge < -0.3 is 5.32 Å². The molecule has 0 unspecified atom stereocenters. The van der Waals surface area contributed by atoms with Gasteiger partial charge in [0.05, 0.1) is 6.20 Å². The van der Waals surface area contributed by atoms with E-state index in [4.69, 9.17) is 0 Å². The van der Waals surface area contributed by atoms with Crippen molar-refractivity contribution in [1.82, 2.24) is 4.98 Å². The average molecular weight is 234 g/mol. The SMILES string of the molecule is Fc1ccc(NCCc2cccc(F)c2)nc1. The quantitative estimate of drug-likeness (QED) is 0.879. The number of hydrogen-bond donors (Lipinski definition) is 1. The Labute approximate surface area is 98.3 Å². The zero-order chi connectivity index (χ0) is 12.1. The van der Waals surface area contributed by atoms with E-state index in [1.807, 2.05) is 6.07 Å². The average Bonchev–Trinajstić information content (AvgIpc) is 2.32. The standard InChI is InChI=1S/C13H12F2N2/c14-11-3-1-2-10(8-11)6-7-16-13-5-4-12(15)9-17-13/h1-5,8-9H,6-7H2,(H,16,17). The third kappa shape index (κ3) is 3.52. The summed E-state index contributed by atoms with van der Waals surface area (Å²) in [5, 5.41) is 3.04. The second-order valence-corrected chi connectivity index (χ2v) is 3.67. The van der Waals surface area contributed by atoms with Crippen molar-refractivity contribution >= 4 is 5.82 Å². The molecule has 17 heavy (non-hydrogen) atoms. The number of rotatable bonds is 4. The fourth-order valence-electron chi connectivity index (χ4n) is 1.51. The molecule has 1 N–H and O–H groups in total. The van der Waals surface area contributed by atoms with Gasteiger partial charge in [-0.05, 0) is 36.2 Å². The molecule has 0 atom stereocenters. The van der Waals surface area contributed by atoms with Crippen molar-refractivity contribution in [3.8, 4) is 0 Å². The molecule has 1 heterocycles. The van der Waals surface area contributed by atoms with Gasteiger partial charge in [-0.15, -0.1) is 0 Å². The first kappa shape index (κ1) is 11.5. The van der Waals surface area contributed by atoms with Crippen LogP contribution in [0, 0.1) is 11.6 Å². The van der Waals surface area contributed by atoms with Crippen LogP contribution in [0.25, 0.3) is 0 Å². The highest BCUT2D eigenvalue weighted by molar-refractivity contribution is 5.33. The van der Waals surface area contributed by atoms with Gasteiger partial charge in [-0.25, -0.2) is 13.8 Å². The van der Waals surface area contributed by atoms with Crippen molar-refractivity contribution < 1.29 is 8.78 Å². The van der Waals surface area contributed by atoms with Gasteiger partial charge in [0.2, 0.25) is 0 Å². The number of pyridine rings is 1. The summed E-state index contributed by atoms with van der Waals surface area (Å²) in [6, 6.07) is 9.38. The molecule has 0 saturated carbocycles. The summed E-state index contributed by atoms with van der Waals surface area (Å²) in [5.41, 5.74) is 0.916. The Kier molecular flexibility index (Phi) is 3.65. The van der Waals surface area contributed by atoms with E-state index in [1.165, 1.54) is 18.2 Å². The molecule has 88 valence electrons. The molecule has 0 spiro atoms. The lowest BCUT2D eigenvalue weighted by molar-refractivity contribution is 0.621. The Bertz CT molecular complexity index is 483. The molecule has 0 saturated heterocycles. The van der Waals surface area contributed by atoms with Crippen LogP contribution >= 0.6 is 0 Å². The lowest BCUT2D eigenvalue weighted by atomic mass is 10.1. The highest BCUT2D eigenvalue weighted by Crippen LogP contribution is 2.06. The summed E-state index contributed by atoms with van der Waals surface area (Å²) in [4.78, 5) is 3.87. The number of nitrogens with zero attached hydrogens (tertiary/aromatic N) is 1. The Morgan fingerprint density at radius 3 is 2.65 bits per heavy atom. The van der Waals surface area contributed by atoms with Gasteiger partial charge in [0, 0.05) is 6.54 Å². The molecule has 0 radical (unpaired) electrons. The fraction of sp³-hybridized carbons (Fsp3) is 0.154. The summed E-state index contributed by atoms with van der Waals surface area (Å²) < 4.78 is 25.5. The zero-order valence-corrected chi connectivity index (χ0v) is 9.16. The zero-order valence-electron chi connectivity index (χ0n) is 9.16. The largest absolute Gasteiger partial charge is 0.370 e. The molecular weight excluding hydrogens is 222 g/mol. The molecule has 0 aliphatic carbocycles. The van der Waals surface area contributed by atoms with Crippen molar-refractivity contribution in [1.29, 1.82) is 0 Å². The smallest absolute Gasteiger partial charge is 0.141 e. The Hall–Kier alpha value is -1.97.